The van der Waals surface area contributed by atoms with Crippen LogP contribution < -0.4 is 10.6 Å². The average molecular weight is 252 g/mol. The summed E-state index contributed by atoms with van der Waals surface area (Å²) in [6.07, 6.45) is 2.97. The largest absolute Gasteiger partial charge is 0.368 e. The Morgan fingerprint density at radius 1 is 1.41 bits per heavy atom. The lowest BCUT2D eigenvalue weighted by molar-refractivity contribution is 0.634. The second kappa shape index (κ2) is 4.72. The first-order valence-corrected chi connectivity index (χ1v) is 6.94. The summed E-state index contributed by atoms with van der Waals surface area (Å²) < 4.78 is 0.362. The van der Waals surface area contributed by atoms with Crippen LogP contribution in [0.25, 0.3) is 0 Å². The summed E-state index contributed by atoms with van der Waals surface area (Å²) in [7, 11) is 0. The predicted molar refractivity (Wildman–Crippen MR) is 74.5 cm³/mol. The molecule has 0 saturated carbocycles. The zero-order valence-corrected chi connectivity index (χ0v) is 11.5. The van der Waals surface area contributed by atoms with Crippen LogP contribution in [0.4, 0.5) is 11.8 Å². The van der Waals surface area contributed by atoms with E-state index in [0.29, 0.717) is 10.7 Å². The number of nitrogens with two attached hydrogens (primary N) is 1. The van der Waals surface area contributed by atoms with Gasteiger partial charge in [-0.05, 0) is 13.3 Å². The topological polar surface area (TPSA) is 55.0 Å². The molecule has 1 aromatic heterocycles. The molecular weight excluding hydrogens is 232 g/mol. The quantitative estimate of drug-likeness (QED) is 0.829. The lowest BCUT2D eigenvalue weighted by atomic mass is 10.1. The van der Waals surface area contributed by atoms with E-state index in [4.69, 9.17) is 5.73 Å². The Labute approximate surface area is 107 Å². The Morgan fingerprint density at radius 3 is 2.94 bits per heavy atom. The van der Waals surface area contributed by atoms with Gasteiger partial charge in [0.15, 0.2) is 0 Å². The fourth-order valence-corrected chi connectivity index (χ4v) is 3.10. The highest BCUT2D eigenvalue weighted by atomic mass is 32.2. The molecule has 0 radical (unpaired) electrons. The minimum absolute atomic E-state index is 0.362. The minimum atomic E-state index is 0.362. The summed E-state index contributed by atoms with van der Waals surface area (Å²) in [5.41, 5.74) is 6.77. The van der Waals surface area contributed by atoms with Gasteiger partial charge >= 0.3 is 0 Å². The average Bonchev–Trinajstić information content (AvgIpc) is 2.43. The molecule has 0 spiro atoms. The van der Waals surface area contributed by atoms with Crippen molar-refractivity contribution >= 4 is 23.5 Å². The second-order valence-electron chi connectivity index (χ2n) is 5.08. The minimum Gasteiger partial charge on any atom is -0.368 e. The SMILES string of the molecule is Cc1cnc(N)nc1N1CCSC(C)(C)CC1. The zero-order chi connectivity index (χ0) is 12.5. The zero-order valence-electron chi connectivity index (χ0n) is 10.7. The molecule has 5 heteroatoms. The van der Waals surface area contributed by atoms with Gasteiger partial charge in [-0.15, -0.1) is 0 Å². The molecule has 0 unspecified atom stereocenters. The van der Waals surface area contributed by atoms with Gasteiger partial charge in [-0.25, -0.2) is 4.98 Å². The molecule has 94 valence electrons. The van der Waals surface area contributed by atoms with Crippen LogP contribution in [0.3, 0.4) is 0 Å². The molecule has 1 aliphatic heterocycles. The molecule has 1 aliphatic rings. The Hall–Kier alpha value is -0.970. The number of aromatic nitrogens is 2. The van der Waals surface area contributed by atoms with Gasteiger partial charge in [0, 0.05) is 35.3 Å². The molecule has 0 aliphatic carbocycles. The first-order valence-electron chi connectivity index (χ1n) is 5.96. The van der Waals surface area contributed by atoms with E-state index in [2.05, 4.69) is 28.7 Å². The van der Waals surface area contributed by atoms with Crippen LogP contribution in [-0.4, -0.2) is 33.6 Å². The van der Waals surface area contributed by atoms with Gasteiger partial charge in [0.2, 0.25) is 5.95 Å². The summed E-state index contributed by atoms with van der Waals surface area (Å²) in [4.78, 5) is 10.7. The Balaban J connectivity index is 2.19. The van der Waals surface area contributed by atoms with Crippen molar-refractivity contribution in [2.45, 2.75) is 31.9 Å². The summed E-state index contributed by atoms with van der Waals surface area (Å²) in [6, 6.07) is 0. The van der Waals surface area contributed by atoms with Crippen LogP contribution in [0.2, 0.25) is 0 Å². The highest BCUT2D eigenvalue weighted by molar-refractivity contribution is 8.00. The molecule has 1 saturated heterocycles. The van der Waals surface area contributed by atoms with E-state index >= 15 is 0 Å². The van der Waals surface area contributed by atoms with Crippen molar-refractivity contribution in [1.29, 1.82) is 0 Å². The number of hydrogen-bond donors (Lipinski definition) is 1. The van der Waals surface area contributed by atoms with Crippen LogP contribution in [0.15, 0.2) is 6.20 Å². The Bertz CT molecular complexity index is 405. The van der Waals surface area contributed by atoms with E-state index in [0.717, 1.165) is 30.2 Å². The second-order valence-corrected chi connectivity index (χ2v) is 6.88. The predicted octanol–water partition coefficient (Wildman–Crippen LogP) is 2.09. The van der Waals surface area contributed by atoms with Gasteiger partial charge in [0.25, 0.3) is 0 Å². The van der Waals surface area contributed by atoms with Crippen LogP contribution in [0.1, 0.15) is 25.8 Å². The van der Waals surface area contributed by atoms with Gasteiger partial charge in [-0.1, -0.05) is 13.8 Å². The van der Waals surface area contributed by atoms with Crippen molar-refractivity contribution in [2.75, 3.05) is 29.5 Å². The van der Waals surface area contributed by atoms with Crippen LogP contribution >= 0.6 is 11.8 Å². The monoisotopic (exact) mass is 252 g/mol. The van der Waals surface area contributed by atoms with Gasteiger partial charge < -0.3 is 10.6 Å². The van der Waals surface area contributed by atoms with E-state index < -0.39 is 0 Å². The molecule has 2 N–H and O–H groups in total. The van der Waals surface area contributed by atoms with Crippen molar-refractivity contribution in [3.05, 3.63) is 11.8 Å². The summed E-state index contributed by atoms with van der Waals surface area (Å²) >= 11 is 2.03. The summed E-state index contributed by atoms with van der Waals surface area (Å²) in [5.74, 6) is 2.49. The first-order chi connectivity index (χ1) is 7.98. The van der Waals surface area contributed by atoms with Crippen molar-refractivity contribution in [3.63, 3.8) is 0 Å². The molecule has 0 amide bonds. The smallest absolute Gasteiger partial charge is 0.221 e. The maximum Gasteiger partial charge on any atom is 0.221 e. The van der Waals surface area contributed by atoms with Crippen LogP contribution in [-0.2, 0) is 0 Å². The number of nitrogens with zero attached hydrogens (tertiary/aromatic N) is 3. The normalized spacial score (nSPS) is 20.1. The molecule has 4 nitrogen and oxygen atoms in total. The van der Waals surface area contributed by atoms with E-state index in [-0.39, 0.29) is 0 Å². The van der Waals surface area contributed by atoms with Crippen molar-refractivity contribution < 1.29 is 0 Å². The highest BCUT2D eigenvalue weighted by Crippen LogP contribution is 2.32. The number of hydrogen-bond acceptors (Lipinski definition) is 5. The Morgan fingerprint density at radius 2 is 2.18 bits per heavy atom. The van der Waals surface area contributed by atoms with Crippen molar-refractivity contribution in [1.82, 2.24) is 9.97 Å². The lowest BCUT2D eigenvalue weighted by Gasteiger charge is -2.24. The van der Waals surface area contributed by atoms with Crippen LogP contribution in [0.5, 0.6) is 0 Å². The first kappa shape index (κ1) is 12.5. The molecule has 1 aromatic rings. The van der Waals surface area contributed by atoms with Gasteiger partial charge in [-0.3, -0.25) is 0 Å². The summed E-state index contributed by atoms with van der Waals surface area (Å²) in [5, 5.41) is 0. The number of nitrogen functional groups attached to an aromatic ring is 1. The standard InChI is InChI=1S/C12H20N4S/c1-9-8-14-11(13)15-10(9)16-5-4-12(2,3)17-7-6-16/h8H,4-7H2,1-3H3,(H2,13,14,15). The molecule has 2 rings (SSSR count). The molecular formula is C12H20N4S. The fourth-order valence-electron chi connectivity index (χ4n) is 2.00. The van der Waals surface area contributed by atoms with E-state index in [1.807, 2.05) is 18.7 Å². The summed E-state index contributed by atoms with van der Waals surface area (Å²) in [6.45, 7) is 8.73. The molecule has 0 atom stereocenters. The molecule has 17 heavy (non-hydrogen) atoms. The van der Waals surface area contributed by atoms with Crippen molar-refractivity contribution in [3.8, 4) is 0 Å². The Kier molecular flexibility index (Phi) is 3.47. The molecule has 0 bridgehead atoms. The van der Waals surface area contributed by atoms with E-state index in [1.165, 1.54) is 6.42 Å². The van der Waals surface area contributed by atoms with Gasteiger partial charge in [0.05, 0.1) is 0 Å². The van der Waals surface area contributed by atoms with Gasteiger partial charge in [0.1, 0.15) is 5.82 Å². The lowest BCUT2D eigenvalue weighted by Crippen LogP contribution is -2.28. The number of thioether (sulfide) groups is 1. The third-order valence-corrected chi connectivity index (χ3v) is 4.47. The molecule has 0 aromatic carbocycles. The van der Waals surface area contributed by atoms with Crippen molar-refractivity contribution in [2.24, 2.45) is 0 Å². The molecule has 1 fully saturated rings. The van der Waals surface area contributed by atoms with Crippen LogP contribution in [0, 0.1) is 6.92 Å². The number of anilines is 2. The number of rotatable bonds is 1. The maximum absolute atomic E-state index is 5.67. The maximum atomic E-state index is 5.67. The third-order valence-electron chi connectivity index (χ3n) is 3.10. The highest BCUT2D eigenvalue weighted by Gasteiger charge is 2.24. The molecule has 2 heterocycles. The van der Waals surface area contributed by atoms with E-state index in [9.17, 15) is 0 Å². The number of aryl methyl sites for hydroxylation is 1. The van der Waals surface area contributed by atoms with E-state index in [1.54, 1.807) is 6.20 Å². The third kappa shape index (κ3) is 3.03. The van der Waals surface area contributed by atoms with Gasteiger partial charge in [-0.2, -0.15) is 16.7 Å². The fraction of sp³-hybridized carbons (Fsp3) is 0.667.